The predicted molar refractivity (Wildman–Crippen MR) is 270 cm³/mol. The van der Waals surface area contributed by atoms with Crippen LogP contribution in [-0.4, -0.2) is 4.57 Å². The minimum Gasteiger partial charge on any atom is -0.310 e. The Morgan fingerprint density at radius 1 is 0.302 bits per heavy atom. The number of aromatic nitrogens is 1. The van der Waals surface area contributed by atoms with E-state index in [-0.39, 0.29) is 0 Å². The molecule has 0 fully saturated rings. The fourth-order valence-electron chi connectivity index (χ4n) is 9.49. The molecule has 2 aromatic heterocycles. The molecule has 0 aliphatic carbocycles. The molecule has 0 radical (unpaired) electrons. The molecular weight excluding hydrogens is 781 g/mol. The van der Waals surface area contributed by atoms with Crippen LogP contribution in [0.1, 0.15) is 0 Å². The summed E-state index contributed by atoms with van der Waals surface area (Å²) in [6, 6.07) is 88.3. The van der Waals surface area contributed by atoms with Crippen LogP contribution in [0.4, 0.5) is 17.1 Å². The maximum Gasteiger partial charge on any atom is 0.0541 e. The van der Waals surface area contributed by atoms with Gasteiger partial charge in [0.1, 0.15) is 0 Å². The number of fused-ring (bicyclic) bond motifs is 6. The summed E-state index contributed by atoms with van der Waals surface area (Å²) in [6.45, 7) is 0. The highest BCUT2D eigenvalue weighted by molar-refractivity contribution is 7.25. The first-order valence-corrected chi connectivity index (χ1v) is 22.3. The average molecular weight is 821 g/mol. The van der Waals surface area contributed by atoms with Crippen molar-refractivity contribution in [1.82, 2.24) is 4.57 Å². The van der Waals surface area contributed by atoms with Crippen molar-refractivity contribution in [2.24, 2.45) is 0 Å². The van der Waals surface area contributed by atoms with Crippen molar-refractivity contribution in [1.29, 1.82) is 0 Å². The monoisotopic (exact) mass is 820 g/mol. The standard InChI is InChI=1S/C60H40N2S/c1-3-17-41(18-4-1)42-19-15-20-43(37-42)51-27-9-12-30-56(51)61(46-22-5-2-6-23-46)47-24-16-21-44(38-47)49-25-7-8-26-50(49)45-33-36-58-55(39-45)52-28-10-13-31-57(52)62(58)48-34-35-54-53-29-11-14-32-59(53)63-60(54)40-48/h1-40H. The van der Waals surface area contributed by atoms with Gasteiger partial charge in [-0.2, -0.15) is 0 Å². The second kappa shape index (κ2) is 15.5. The number of thiophene rings is 1. The van der Waals surface area contributed by atoms with E-state index >= 15 is 0 Å². The highest BCUT2D eigenvalue weighted by atomic mass is 32.1. The molecule has 0 unspecified atom stereocenters. The van der Waals surface area contributed by atoms with Gasteiger partial charge in [0.15, 0.2) is 0 Å². The van der Waals surface area contributed by atoms with E-state index in [1.165, 1.54) is 86.6 Å². The van der Waals surface area contributed by atoms with Crippen molar-refractivity contribution in [2.75, 3.05) is 4.90 Å². The number of hydrogen-bond acceptors (Lipinski definition) is 2. The summed E-state index contributed by atoms with van der Waals surface area (Å²) >= 11 is 1.87. The Balaban J connectivity index is 0.967. The Labute approximate surface area is 370 Å². The maximum atomic E-state index is 2.43. The lowest BCUT2D eigenvalue weighted by Crippen LogP contribution is -2.11. The maximum absolute atomic E-state index is 2.43. The van der Waals surface area contributed by atoms with Gasteiger partial charge in [-0.1, -0.05) is 170 Å². The van der Waals surface area contributed by atoms with E-state index in [4.69, 9.17) is 0 Å². The Morgan fingerprint density at radius 2 is 0.873 bits per heavy atom. The van der Waals surface area contributed by atoms with Crippen molar-refractivity contribution in [3.8, 4) is 50.2 Å². The summed E-state index contributed by atoms with van der Waals surface area (Å²) in [6.07, 6.45) is 0. The third kappa shape index (κ3) is 6.50. The zero-order valence-corrected chi connectivity index (χ0v) is 35.2. The van der Waals surface area contributed by atoms with E-state index in [1.807, 2.05) is 11.3 Å². The number of hydrogen-bond donors (Lipinski definition) is 0. The summed E-state index contributed by atoms with van der Waals surface area (Å²) in [5.74, 6) is 0. The minimum absolute atomic E-state index is 1.09. The molecule has 10 aromatic carbocycles. The molecule has 0 amide bonds. The van der Waals surface area contributed by atoms with Crippen molar-refractivity contribution >= 4 is 70.4 Å². The third-order valence-corrected chi connectivity index (χ3v) is 13.5. The molecule has 0 saturated heterocycles. The summed E-state index contributed by atoms with van der Waals surface area (Å²) < 4.78 is 5.06. The van der Waals surface area contributed by atoms with Crippen LogP contribution in [0.3, 0.4) is 0 Å². The summed E-state index contributed by atoms with van der Waals surface area (Å²) in [5, 5.41) is 5.12. The molecule has 12 rings (SSSR count). The summed E-state index contributed by atoms with van der Waals surface area (Å²) in [7, 11) is 0. The second-order valence-corrected chi connectivity index (χ2v) is 17.2. The fraction of sp³-hybridized carbons (Fsp3) is 0. The zero-order chi connectivity index (χ0) is 41.7. The molecule has 0 spiro atoms. The molecule has 0 saturated carbocycles. The van der Waals surface area contributed by atoms with Crippen molar-refractivity contribution < 1.29 is 0 Å². The van der Waals surface area contributed by atoms with E-state index < -0.39 is 0 Å². The summed E-state index contributed by atoms with van der Waals surface area (Å²) in [4.78, 5) is 2.40. The van der Waals surface area contributed by atoms with Crippen molar-refractivity contribution in [3.63, 3.8) is 0 Å². The van der Waals surface area contributed by atoms with Crippen LogP contribution in [-0.2, 0) is 0 Å². The molecule has 296 valence electrons. The number of para-hydroxylation sites is 3. The Hall–Kier alpha value is -7.98. The highest BCUT2D eigenvalue weighted by Crippen LogP contribution is 2.44. The van der Waals surface area contributed by atoms with Gasteiger partial charge in [-0.15, -0.1) is 11.3 Å². The van der Waals surface area contributed by atoms with Crippen molar-refractivity contribution in [3.05, 3.63) is 243 Å². The third-order valence-electron chi connectivity index (χ3n) is 12.4. The van der Waals surface area contributed by atoms with E-state index in [2.05, 4.69) is 252 Å². The highest BCUT2D eigenvalue weighted by Gasteiger charge is 2.20. The number of benzene rings is 10. The molecule has 0 N–H and O–H groups in total. The molecular formula is C60H40N2S. The molecule has 0 bridgehead atoms. The Bertz CT molecular complexity index is 3640. The molecule has 2 nitrogen and oxygen atoms in total. The Kier molecular flexibility index (Phi) is 9.06. The van der Waals surface area contributed by atoms with Crippen LogP contribution in [0.15, 0.2) is 243 Å². The van der Waals surface area contributed by atoms with Gasteiger partial charge in [0.25, 0.3) is 0 Å². The van der Waals surface area contributed by atoms with Crippen LogP contribution >= 0.6 is 11.3 Å². The van der Waals surface area contributed by atoms with Gasteiger partial charge in [-0.25, -0.2) is 0 Å². The lowest BCUT2D eigenvalue weighted by Gasteiger charge is -2.28. The minimum atomic E-state index is 1.09. The van der Waals surface area contributed by atoms with Crippen LogP contribution in [0.5, 0.6) is 0 Å². The van der Waals surface area contributed by atoms with E-state index in [0.717, 1.165) is 22.6 Å². The first-order valence-electron chi connectivity index (χ1n) is 21.5. The molecule has 3 heteroatoms. The number of rotatable bonds is 8. The largest absolute Gasteiger partial charge is 0.310 e. The predicted octanol–water partition coefficient (Wildman–Crippen LogP) is 17.3. The van der Waals surface area contributed by atoms with Gasteiger partial charge >= 0.3 is 0 Å². The first kappa shape index (κ1) is 36.8. The molecule has 0 atom stereocenters. The summed E-state index contributed by atoms with van der Waals surface area (Å²) in [5.41, 5.74) is 16.4. The topological polar surface area (TPSA) is 8.17 Å². The molecule has 0 aliphatic heterocycles. The quantitative estimate of drug-likeness (QED) is 0.148. The smallest absolute Gasteiger partial charge is 0.0541 e. The van der Waals surface area contributed by atoms with E-state index in [9.17, 15) is 0 Å². The van der Waals surface area contributed by atoms with Crippen LogP contribution < -0.4 is 4.90 Å². The van der Waals surface area contributed by atoms with Gasteiger partial charge in [0.2, 0.25) is 0 Å². The van der Waals surface area contributed by atoms with Crippen LogP contribution in [0, 0.1) is 0 Å². The molecule has 2 heterocycles. The first-order chi connectivity index (χ1) is 31.2. The van der Waals surface area contributed by atoms with E-state index in [0.29, 0.717) is 0 Å². The fourth-order valence-corrected chi connectivity index (χ4v) is 10.6. The molecule has 12 aromatic rings. The van der Waals surface area contributed by atoms with Gasteiger partial charge in [0.05, 0.1) is 16.7 Å². The molecule has 0 aliphatic rings. The second-order valence-electron chi connectivity index (χ2n) is 16.1. The SMILES string of the molecule is c1ccc(-c2cccc(-c3ccccc3N(c3ccccc3)c3cccc(-c4ccccc4-c4ccc5c(c4)c4ccccc4n5-c4ccc5c(c4)sc4ccccc45)c3)c2)cc1. The van der Waals surface area contributed by atoms with E-state index in [1.54, 1.807) is 0 Å². The normalized spacial score (nSPS) is 11.5. The van der Waals surface area contributed by atoms with Gasteiger partial charge in [-0.3, -0.25) is 0 Å². The molecule has 63 heavy (non-hydrogen) atoms. The number of nitrogens with zero attached hydrogens (tertiary/aromatic N) is 2. The van der Waals surface area contributed by atoms with Gasteiger partial charge in [-0.05, 0) is 112 Å². The lowest BCUT2D eigenvalue weighted by molar-refractivity contribution is 1.19. The Morgan fingerprint density at radius 3 is 1.70 bits per heavy atom. The van der Waals surface area contributed by atoms with Crippen molar-refractivity contribution in [2.45, 2.75) is 0 Å². The number of anilines is 3. The van der Waals surface area contributed by atoms with Gasteiger partial charge in [0, 0.05) is 53.6 Å². The van der Waals surface area contributed by atoms with Gasteiger partial charge < -0.3 is 9.47 Å². The zero-order valence-electron chi connectivity index (χ0n) is 34.4. The van der Waals surface area contributed by atoms with Crippen LogP contribution in [0.2, 0.25) is 0 Å². The lowest BCUT2D eigenvalue weighted by atomic mass is 9.93. The average Bonchev–Trinajstić information content (AvgIpc) is 3.90. The van der Waals surface area contributed by atoms with Crippen LogP contribution in [0.25, 0.3) is 92.2 Å².